The highest BCUT2D eigenvalue weighted by Crippen LogP contribution is 2.16. The first-order chi connectivity index (χ1) is 7.65. The molecular weight excluding hydrogens is 274 g/mol. The zero-order chi connectivity index (χ0) is 11.5. The summed E-state index contributed by atoms with van der Waals surface area (Å²) in [6.07, 6.45) is 1.92. The van der Waals surface area contributed by atoms with Gasteiger partial charge in [0.25, 0.3) is 5.91 Å². The highest BCUT2D eigenvalue weighted by atomic mass is 79.9. The molecule has 16 heavy (non-hydrogen) atoms. The Bertz CT molecular complexity index is 377. The van der Waals surface area contributed by atoms with Crippen LogP contribution in [0.5, 0.6) is 0 Å². The molecule has 1 N–H and O–H groups in total. The van der Waals surface area contributed by atoms with Gasteiger partial charge in [0.2, 0.25) is 0 Å². The van der Waals surface area contributed by atoms with E-state index in [0.717, 1.165) is 12.8 Å². The Morgan fingerprint density at radius 3 is 3.00 bits per heavy atom. The molecule has 2 rings (SSSR count). The number of hydrogen-bond acceptors (Lipinski definition) is 3. The number of carbonyl (C=O) groups excluding carboxylic acids is 1. The average molecular weight is 288 g/mol. The van der Waals surface area contributed by atoms with Crippen LogP contribution in [0.4, 0.5) is 0 Å². The third-order valence-electron chi connectivity index (χ3n) is 2.62. The van der Waals surface area contributed by atoms with Crippen LogP contribution in [-0.4, -0.2) is 24.7 Å². The van der Waals surface area contributed by atoms with E-state index in [1.807, 2.05) is 6.92 Å². The van der Waals surface area contributed by atoms with Crippen molar-refractivity contribution in [2.24, 2.45) is 0 Å². The van der Waals surface area contributed by atoms with Crippen molar-refractivity contribution < 1.29 is 13.9 Å². The molecule has 0 saturated carbocycles. The molecule has 1 saturated heterocycles. The van der Waals surface area contributed by atoms with Crippen LogP contribution in [0.2, 0.25) is 0 Å². The maximum Gasteiger partial charge on any atom is 0.287 e. The molecular formula is C11H14BrNO3. The van der Waals surface area contributed by atoms with Crippen LogP contribution in [0, 0.1) is 0 Å². The molecule has 1 aliphatic rings. The van der Waals surface area contributed by atoms with Gasteiger partial charge in [0.1, 0.15) is 0 Å². The Kier molecular flexibility index (Phi) is 3.66. The second-order valence-corrected chi connectivity index (χ2v) is 4.76. The summed E-state index contributed by atoms with van der Waals surface area (Å²) in [5.74, 6) is 0.177. The van der Waals surface area contributed by atoms with Gasteiger partial charge in [-0.25, -0.2) is 0 Å². The Morgan fingerprint density at radius 2 is 2.38 bits per heavy atom. The van der Waals surface area contributed by atoms with Crippen molar-refractivity contribution in [3.8, 4) is 0 Å². The lowest BCUT2D eigenvalue weighted by Gasteiger charge is -2.27. The molecule has 2 unspecified atom stereocenters. The molecule has 0 aromatic carbocycles. The molecule has 2 heterocycles. The number of furan rings is 1. The SMILES string of the molecule is CC1CC(NC(=O)c2ccc(Br)o2)CCO1. The van der Waals surface area contributed by atoms with Crippen molar-refractivity contribution in [3.05, 3.63) is 22.6 Å². The standard InChI is InChI=1S/C11H14BrNO3/c1-7-6-8(4-5-15-7)13-11(14)9-2-3-10(12)16-9/h2-3,7-8H,4-6H2,1H3,(H,13,14). The van der Waals surface area contributed by atoms with E-state index in [2.05, 4.69) is 21.2 Å². The molecule has 1 aromatic heterocycles. The number of carbonyl (C=O) groups is 1. The van der Waals surface area contributed by atoms with Crippen molar-refractivity contribution in [2.45, 2.75) is 31.9 Å². The highest BCUT2D eigenvalue weighted by molar-refractivity contribution is 9.10. The van der Waals surface area contributed by atoms with Crippen LogP contribution in [-0.2, 0) is 4.74 Å². The maximum atomic E-state index is 11.8. The highest BCUT2D eigenvalue weighted by Gasteiger charge is 2.22. The van der Waals surface area contributed by atoms with E-state index >= 15 is 0 Å². The van der Waals surface area contributed by atoms with E-state index in [1.165, 1.54) is 0 Å². The first-order valence-electron chi connectivity index (χ1n) is 5.33. The Labute approximate surface area is 102 Å². The minimum absolute atomic E-state index is 0.162. The quantitative estimate of drug-likeness (QED) is 0.908. The van der Waals surface area contributed by atoms with Gasteiger partial charge in [0.05, 0.1) is 6.10 Å². The van der Waals surface area contributed by atoms with E-state index in [9.17, 15) is 4.79 Å². The lowest BCUT2D eigenvalue weighted by atomic mass is 10.0. The molecule has 0 radical (unpaired) electrons. The first kappa shape index (κ1) is 11.7. The van der Waals surface area contributed by atoms with Gasteiger partial charge in [-0.15, -0.1) is 0 Å². The molecule has 0 bridgehead atoms. The Hall–Kier alpha value is -0.810. The van der Waals surface area contributed by atoms with Gasteiger partial charge >= 0.3 is 0 Å². The maximum absolute atomic E-state index is 11.8. The monoisotopic (exact) mass is 287 g/mol. The van der Waals surface area contributed by atoms with E-state index in [1.54, 1.807) is 12.1 Å². The Morgan fingerprint density at radius 1 is 1.56 bits per heavy atom. The fourth-order valence-electron chi connectivity index (χ4n) is 1.82. The van der Waals surface area contributed by atoms with Gasteiger partial charge < -0.3 is 14.5 Å². The molecule has 2 atom stereocenters. The van der Waals surface area contributed by atoms with E-state index < -0.39 is 0 Å². The van der Waals surface area contributed by atoms with Crippen molar-refractivity contribution in [1.29, 1.82) is 0 Å². The lowest BCUT2D eigenvalue weighted by Crippen LogP contribution is -2.41. The van der Waals surface area contributed by atoms with Gasteiger partial charge in [-0.1, -0.05) is 0 Å². The number of halogens is 1. The third kappa shape index (κ3) is 2.86. The fourth-order valence-corrected chi connectivity index (χ4v) is 2.13. The molecule has 1 aliphatic heterocycles. The average Bonchev–Trinajstić information content (AvgIpc) is 2.65. The summed E-state index contributed by atoms with van der Waals surface area (Å²) in [4.78, 5) is 11.8. The van der Waals surface area contributed by atoms with E-state index in [0.29, 0.717) is 17.0 Å². The van der Waals surface area contributed by atoms with Crippen molar-refractivity contribution in [2.75, 3.05) is 6.61 Å². The number of ether oxygens (including phenoxy) is 1. The molecule has 4 nitrogen and oxygen atoms in total. The molecule has 5 heteroatoms. The van der Waals surface area contributed by atoms with Crippen molar-refractivity contribution in [3.63, 3.8) is 0 Å². The molecule has 0 aliphatic carbocycles. The zero-order valence-corrected chi connectivity index (χ0v) is 10.6. The summed E-state index contributed by atoms with van der Waals surface area (Å²) in [7, 11) is 0. The normalized spacial score (nSPS) is 25.4. The molecule has 1 fully saturated rings. The summed E-state index contributed by atoms with van der Waals surface area (Å²) < 4.78 is 11.2. The predicted octanol–water partition coefficient (Wildman–Crippen LogP) is 2.34. The van der Waals surface area contributed by atoms with Crippen LogP contribution in [0.3, 0.4) is 0 Å². The molecule has 88 valence electrons. The van der Waals surface area contributed by atoms with Gasteiger partial charge in [-0.3, -0.25) is 4.79 Å². The van der Waals surface area contributed by atoms with Gasteiger partial charge in [0.15, 0.2) is 10.4 Å². The first-order valence-corrected chi connectivity index (χ1v) is 6.12. The van der Waals surface area contributed by atoms with Crippen LogP contribution >= 0.6 is 15.9 Å². The van der Waals surface area contributed by atoms with Crippen LogP contribution in [0.25, 0.3) is 0 Å². The second kappa shape index (κ2) is 5.01. The Balaban J connectivity index is 1.92. The van der Waals surface area contributed by atoms with Crippen LogP contribution < -0.4 is 5.32 Å². The molecule has 1 aromatic rings. The number of nitrogens with one attached hydrogen (secondary N) is 1. The minimum atomic E-state index is -0.162. The topological polar surface area (TPSA) is 51.5 Å². The third-order valence-corrected chi connectivity index (χ3v) is 3.04. The van der Waals surface area contributed by atoms with Crippen LogP contribution in [0.15, 0.2) is 21.2 Å². The summed E-state index contributed by atoms with van der Waals surface area (Å²) in [5.41, 5.74) is 0. The van der Waals surface area contributed by atoms with Crippen molar-refractivity contribution >= 4 is 21.8 Å². The fraction of sp³-hybridized carbons (Fsp3) is 0.545. The molecule has 0 spiro atoms. The minimum Gasteiger partial charge on any atom is -0.444 e. The lowest BCUT2D eigenvalue weighted by molar-refractivity contribution is 0.0134. The predicted molar refractivity (Wildman–Crippen MR) is 62.3 cm³/mol. The second-order valence-electron chi connectivity index (χ2n) is 3.98. The van der Waals surface area contributed by atoms with Gasteiger partial charge in [0, 0.05) is 12.6 Å². The number of hydrogen-bond donors (Lipinski definition) is 1. The summed E-state index contributed by atoms with van der Waals surface area (Å²) in [6.45, 7) is 2.72. The zero-order valence-electron chi connectivity index (χ0n) is 9.03. The van der Waals surface area contributed by atoms with Gasteiger partial charge in [-0.05, 0) is 47.8 Å². The summed E-state index contributed by atoms with van der Waals surface area (Å²) >= 11 is 3.17. The summed E-state index contributed by atoms with van der Waals surface area (Å²) in [6, 6.07) is 3.55. The van der Waals surface area contributed by atoms with Crippen molar-refractivity contribution in [1.82, 2.24) is 5.32 Å². The van der Waals surface area contributed by atoms with E-state index in [4.69, 9.17) is 9.15 Å². The molecule has 1 amide bonds. The largest absolute Gasteiger partial charge is 0.444 e. The smallest absolute Gasteiger partial charge is 0.287 e. The van der Waals surface area contributed by atoms with Crippen LogP contribution in [0.1, 0.15) is 30.3 Å². The van der Waals surface area contributed by atoms with E-state index in [-0.39, 0.29) is 18.1 Å². The van der Waals surface area contributed by atoms with Gasteiger partial charge in [-0.2, -0.15) is 0 Å². The summed E-state index contributed by atoms with van der Waals surface area (Å²) in [5, 5.41) is 2.95. The number of amides is 1. The number of rotatable bonds is 2.